The van der Waals surface area contributed by atoms with E-state index in [1.807, 2.05) is 25.1 Å². The molecule has 0 aliphatic rings. The fourth-order valence-corrected chi connectivity index (χ4v) is 4.67. The van der Waals surface area contributed by atoms with Gasteiger partial charge >= 0.3 is 0 Å². The Labute approximate surface area is 231 Å². The number of para-hydroxylation sites is 2. The van der Waals surface area contributed by atoms with Gasteiger partial charge in [0.15, 0.2) is 11.5 Å². The zero-order valence-electron chi connectivity index (χ0n) is 23.6. The number of amides is 1. The Bertz CT molecular complexity index is 1380. The van der Waals surface area contributed by atoms with Gasteiger partial charge in [0.1, 0.15) is 11.6 Å². The maximum atomic E-state index is 13.1. The van der Waals surface area contributed by atoms with E-state index < -0.39 is 0 Å². The van der Waals surface area contributed by atoms with Crippen LogP contribution in [-0.4, -0.2) is 36.3 Å². The third kappa shape index (κ3) is 6.72. The normalized spacial score (nSPS) is 12.6. The number of hydrogen-bond donors (Lipinski definition) is 1. The maximum Gasteiger partial charge on any atom is 0.251 e. The van der Waals surface area contributed by atoms with E-state index in [0.717, 1.165) is 48.4 Å². The van der Waals surface area contributed by atoms with E-state index in [2.05, 4.69) is 54.1 Å². The summed E-state index contributed by atoms with van der Waals surface area (Å²) in [6, 6.07) is 21.4. The molecule has 0 bridgehead atoms. The lowest BCUT2D eigenvalue weighted by atomic mass is 9.99. The van der Waals surface area contributed by atoms with Gasteiger partial charge in [0.05, 0.1) is 37.9 Å². The summed E-state index contributed by atoms with van der Waals surface area (Å²) in [5, 5.41) is 3.10. The molecular formula is C32H39N3O4. The van der Waals surface area contributed by atoms with E-state index in [1.165, 1.54) is 5.56 Å². The van der Waals surface area contributed by atoms with E-state index in [4.69, 9.17) is 19.2 Å². The number of aryl methyl sites for hydroxylation is 1. The van der Waals surface area contributed by atoms with Crippen LogP contribution in [0, 0.1) is 0 Å². The molecule has 0 saturated carbocycles. The first-order valence-electron chi connectivity index (χ1n) is 13.7. The molecule has 4 aromatic rings. The molecule has 1 aromatic heterocycles. The van der Waals surface area contributed by atoms with Crippen molar-refractivity contribution in [3.05, 3.63) is 83.7 Å². The Morgan fingerprint density at radius 2 is 1.69 bits per heavy atom. The zero-order chi connectivity index (χ0) is 27.8. The monoisotopic (exact) mass is 529 g/mol. The second-order valence-corrected chi connectivity index (χ2v) is 9.81. The fourth-order valence-electron chi connectivity index (χ4n) is 4.67. The smallest absolute Gasteiger partial charge is 0.251 e. The summed E-state index contributed by atoms with van der Waals surface area (Å²) in [5.74, 6) is 3.18. The van der Waals surface area contributed by atoms with Gasteiger partial charge in [-0.3, -0.25) is 4.79 Å². The van der Waals surface area contributed by atoms with Crippen LogP contribution < -0.4 is 19.5 Å². The Morgan fingerprint density at radius 3 is 2.41 bits per heavy atom. The average molecular weight is 530 g/mol. The Kier molecular flexibility index (Phi) is 9.47. The molecule has 0 aliphatic carbocycles. The predicted molar refractivity (Wildman–Crippen MR) is 155 cm³/mol. The number of rotatable bonds is 13. The van der Waals surface area contributed by atoms with Crippen LogP contribution in [0.2, 0.25) is 0 Å². The van der Waals surface area contributed by atoms with Gasteiger partial charge in [-0.1, -0.05) is 38.1 Å². The van der Waals surface area contributed by atoms with Crippen LogP contribution in [0.3, 0.4) is 0 Å². The highest BCUT2D eigenvalue weighted by atomic mass is 16.5. The van der Waals surface area contributed by atoms with Crippen molar-refractivity contribution in [2.75, 3.05) is 20.8 Å². The van der Waals surface area contributed by atoms with Crippen molar-refractivity contribution in [3.63, 3.8) is 0 Å². The minimum Gasteiger partial charge on any atom is -0.494 e. The minimum atomic E-state index is -0.293. The number of aromatic nitrogens is 2. The SMILES string of the molecule is CCC(C)c1ccc(OCCCCn2c(C(C)NC(=O)c3ccc(OC)c(OC)c3)nc3ccccc32)cc1. The van der Waals surface area contributed by atoms with Crippen LogP contribution in [0.1, 0.15) is 73.7 Å². The molecule has 4 rings (SSSR count). The molecule has 7 nitrogen and oxygen atoms in total. The van der Waals surface area contributed by atoms with Crippen LogP contribution in [0.15, 0.2) is 66.7 Å². The molecule has 0 spiro atoms. The van der Waals surface area contributed by atoms with Crippen LogP contribution in [0.4, 0.5) is 0 Å². The van der Waals surface area contributed by atoms with E-state index in [1.54, 1.807) is 32.4 Å². The van der Waals surface area contributed by atoms with Crippen molar-refractivity contribution in [2.45, 2.75) is 58.5 Å². The summed E-state index contributed by atoms with van der Waals surface area (Å²) in [6.07, 6.45) is 2.96. The molecule has 3 aromatic carbocycles. The second kappa shape index (κ2) is 13.2. The number of ether oxygens (including phenoxy) is 3. The number of fused-ring (bicyclic) bond motifs is 1. The summed E-state index contributed by atoms with van der Waals surface area (Å²) in [6.45, 7) is 7.84. The number of hydrogen-bond acceptors (Lipinski definition) is 5. The summed E-state index contributed by atoms with van der Waals surface area (Å²) in [7, 11) is 3.13. The van der Waals surface area contributed by atoms with Gasteiger partial charge in [-0.25, -0.2) is 4.98 Å². The summed E-state index contributed by atoms with van der Waals surface area (Å²) >= 11 is 0. The van der Waals surface area contributed by atoms with Gasteiger partial charge in [-0.15, -0.1) is 0 Å². The van der Waals surface area contributed by atoms with E-state index in [0.29, 0.717) is 29.6 Å². The summed E-state index contributed by atoms with van der Waals surface area (Å²) in [5.41, 5.74) is 3.81. The lowest BCUT2D eigenvalue weighted by molar-refractivity contribution is 0.0937. The Morgan fingerprint density at radius 1 is 0.949 bits per heavy atom. The first kappa shape index (κ1) is 28.0. The highest BCUT2D eigenvalue weighted by Crippen LogP contribution is 2.28. The molecule has 1 heterocycles. The van der Waals surface area contributed by atoms with Crippen LogP contribution in [0.25, 0.3) is 11.0 Å². The highest BCUT2D eigenvalue weighted by molar-refractivity contribution is 5.95. The number of nitrogens with one attached hydrogen (secondary N) is 1. The topological polar surface area (TPSA) is 74.6 Å². The first-order chi connectivity index (χ1) is 18.9. The lowest BCUT2D eigenvalue weighted by Gasteiger charge is -2.17. The Balaban J connectivity index is 1.39. The molecule has 206 valence electrons. The zero-order valence-corrected chi connectivity index (χ0v) is 23.6. The fraction of sp³-hybridized carbons (Fsp3) is 0.375. The second-order valence-electron chi connectivity index (χ2n) is 9.81. The van der Waals surface area contributed by atoms with Gasteiger partial charge < -0.3 is 24.1 Å². The molecule has 1 N–H and O–H groups in total. The highest BCUT2D eigenvalue weighted by Gasteiger charge is 2.20. The average Bonchev–Trinajstić information content (AvgIpc) is 3.35. The van der Waals surface area contributed by atoms with Crippen molar-refractivity contribution in [3.8, 4) is 17.2 Å². The van der Waals surface area contributed by atoms with Crippen molar-refractivity contribution in [2.24, 2.45) is 0 Å². The number of carbonyl (C=O) groups is 1. The molecule has 0 saturated heterocycles. The summed E-state index contributed by atoms with van der Waals surface area (Å²) in [4.78, 5) is 17.9. The largest absolute Gasteiger partial charge is 0.494 e. The molecule has 0 fully saturated rings. The van der Waals surface area contributed by atoms with Crippen molar-refractivity contribution in [1.29, 1.82) is 0 Å². The maximum absolute atomic E-state index is 13.1. The third-order valence-corrected chi connectivity index (χ3v) is 7.17. The molecule has 1 amide bonds. The van der Waals surface area contributed by atoms with Gasteiger partial charge in [-0.2, -0.15) is 0 Å². The van der Waals surface area contributed by atoms with E-state index in [9.17, 15) is 4.79 Å². The van der Waals surface area contributed by atoms with Gasteiger partial charge in [0, 0.05) is 12.1 Å². The lowest BCUT2D eigenvalue weighted by Crippen LogP contribution is -2.28. The summed E-state index contributed by atoms with van der Waals surface area (Å²) < 4.78 is 18.8. The quantitative estimate of drug-likeness (QED) is 0.190. The van der Waals surface area contributed by atoms with Crippen LogP contribution in [-0.2, 0) is 6.54 Å². The number of nitrogens with zero attached hydrogens (tertiary/aromatic N) is 2. The molecular weight excluding hydrogens is 490 g/mol. The Hall–Kier alpha value is -4.00. The molecule has 7 heteroatoms. The predicted octanol–water partition coefficient (Wildman–Crippen LogP) is 6.92. The van der Waals surface area contributed by atoms with Crippen LogP contribution in [0.5, 0.6) is 17.2 Å². The number of benzene rings is 3. The van der Waals surface area contributed by atoms with Gasteiger partial charge in [-0.05, 0) is 80.1 Å². The molecule has 0 aliphatic heterocycles. The number of carbonyl (C=O) groups excluding carboxylic acids is 1. The van der Waals surface area contributed by atoms with Crippen molar-refractivity contribution < 1.29 is 19.0 Å². The number of unbranched alkanes of at least 4 members (excludes halogenated alkanes) is 1. The van der Waals surface area contributed by atoms with Crippen LogP contribution >= 0.6 is 0 Å². The minimum absolute atomic E-state index is 0.199. The van der Waals surface area contributed by atoms with Gasteiger partial charge in [0.25, 0.3) is 5.91 Å². The van der Waals surface area contributed by atoms with Gasteiger partial charge in [0.2, 0.25) is 0 Å². The molecule has 2 atom stereocenters. The van der Waals surface area contributed by atoms with Crippen molar-refractivity contribution >= 4 is 16.9 Å². The standard InChI is InChI=1S/C32H39N3O4/c1-6-22(2)24-13-16-26(17-14-24)39-20-10-9-19-35-28-12-8-7-11-27(28)34-31(35)23(3)33-32(36)25-15-18-29(37-4)30(21-25)38-5/h7-8,11-18,21-23H,6,9-10,19-20H2,1-5H3,(H,33,36). The van der Waals surface area contributed by atoms with E-state index in [-0.39, 0.29) is 11.9 Å². The third-order valence-electron chi connectivity index (χ3n) is 7.17. The number of methoxy groups -OCH3 is 2. The van der Waals surface area contributed by atoms with Crippen molar-refractivity contribution in [1.82, 2.24) is 14.9 Å². The molecule has 39 heavy (non-hydrogen) atoms. The first-order valence-corrected chi connectivity index (χ1v) is 13.7. The van der Waals surface area contributed by atoms with E-state index >= 15 is 0 Å². The number of imidazole rings is 1. The molecule has 2 unspecified atom stereocenters. The molecule has 0 radical (unpaired) electrons.